The van der Waals surface area contributed by atoms with Gasteiger partial charge in [0.25, 0.3) is 0 Å². The summed E-state index contributed by atoms with van der Waals surface area (Å²) in [6, 6.07) is 7.73. The van der Waals surface area contributed by atoms with E-state index in [1.54, 1.807) is 33.9 Å². The lowest BCUT2D eigenvalue weighted by molar-refractivity contribution is -0.164. The lowest BCUT2D eigenvalue weighted by Gasteiger charge is -2.39. The molecule has 4 rings (SSSR count). The van der Waals surface area contributed by atoms with Gasteiger partial charge in [-0.3, -0.25) is 19.2 Å². The van der Waals surface area contributed by atoms with Crippen molar-refractivity contribution in [2.45, 2.75) is 106 Å². The zero-order valence-corrected chi connectivity index (χ0v) is 30.3. The maximum absolute atomic E-state index is 14.6. The second-order valence-corrected chi connectivity index (χ2v) is 14.6. The minimum Gasteiger partial charge on any atom is -0.455 e. The largest absolute Gasteiger partial charge is 0.455 e. The van der Waals surface area contributed by atoms with Gasteiger partial charge in [0, 0.05) is 44.0 Å². The summed E-state index contributed by atoms with van der Waals surface area (Å²) in [6.07, 6.45) is 5.71. The van der Waals surface area contributed by atoms with Gasteiger partial charge in [-0.15, -0.1) is 13.2 Å². The standard InChI is InChI=1S/C37H52BrN3O7/c1-7-10-19-28(43)39(6)25(5)31(26-17-12-11-13-18-26)47-36(46)29-30-34(44)41(21-14-15-22-42)33(37(30)23-27(38)32(29)48-37)35(45)40(20-9-3)24(4)16-8-2/h7,9,11-13,17-18,24-25,27,29-33,42H,1,3,8,10,14-16,19-23H2,2,4-6H3/t24?,25-,27?,29+,30-,31+,32+,33+,37-/m1/s1. The molecule has 1 aromatic rings. The van der Waals surface area contributed by atoms with Crippen LogP contribution >= 0.6 is 15.9 Å². The van der Waals surface area contributed by atoms with E-state index in [-0.39, 0.29) is 48.2 Å². The fourth-order valence-electron chi connectivity index (χ4n) is 7.79. The fraction of sp³-hybridized carbons (Fsp3) is 0.622. The predicted octanol–water partition coefficient (Wildman–Crippen LogP) is 4.81. The maximum Gasteiger partial charge on any atom is 0.313 e. The molecule has 1 spiro atoms. The molecule has 10 nitrogen and oxygen atoms in total. The Balaban J connectivity index is 1.71. The number of ether oxygens (including phenoxy) is 2. The molecule has 11 heteroatoms. The van der Waals surface area contributed by atoms with Crippen molar-refractivity contribution in [3.63, 3.8) is 0 Å². The number of aliphatic hydroxyl groups is 1. The highest BCUT2D eigenvalue weighted by Gasteiger charge is 2.77. The Bertz CT molecular complexity index is 1330. The van der Waals surface area contributed by atoms with E-state index >= 15 is 0 Å². The third kappa shape index (κ3) is 7.28. The number of fused-ring (bicyclic) bond motifs is 1. The minimum atomic E-state index is -1.23. The van der Waals surface area contributed by atoms with Gasteiger partial charge in [-0.2, -0.15) is 0 Å². The highest BCUT2D eigenvalue weighted by molar-refractivity contribution is 9.09. The number of rotatable bonds is 18. The van der Waals surface area contributed by atoms with E-state index in [0.717, 1.165) is 18.4 Å². The van der Waals surface area contributed by atoms with E-state index in [0.29, 0.717) is 32.2 Å². The van der Waals surface area contributed by atoms with Crippen LogP contribution in [-0.4, -0.2) is 105 Å². The van der Waals surface area contributed by atoms with Crippen LogP contribution < -0.4 is 0 Å². The molecule has 3 amide bonds. The number of hydrogen-bond acceptors (Lipinski definition) is 7. The Hall–Kier alpha value is -3.02. The van der Waals surface area contributed by atoms with Gasteiger partial charge < -0.3 is 29.3 Å². The third-order valence-electron chi connectivity index (χ3n) is 10.3. The SMILES string of the molecule is C=CCCC(=O)N(C)[C@H](C)[C@H](OC(=O)[C@@H]1[C@H]2O[C@@]3(CC2Br)[C@H](C(=O)N(CC=C)C(C)CCC)N(CCCCO)C(=O)[C@@H]13)c1ccccc1. The molecule has 48 heavy (non-hydrogen) atoms. The number of hydrogen-bond donors (Lipinski definition) is 1. The number of benzene rings is 1. The Morgan fingerprint density at radius 1 is 1.19 bits per heavy atom. The van der Waals surface area contributed by atoms with Crippen molar-refractivity contribution in [2.75, 3.05) is 26.7 Å². The molecule has 3 aliphatic rings. The molecule has 9 atom stereocenters. The summed E-state index contributed by atoms with van der Waals surface area (Å²) in [5.41, 5.74) is -0.510. The zero-order chi connectivity index (χ0) is 35.2. The van der Waals surface area contributed by atoms with Gasteiger partial charge in [0.2, 0.25) is 17.7 Å². The molecule has 1 aromatic carbocycles. The molecule has 0 aliphatic carbocycles. The van der Waals surface area contributed by atoms with E-state index in [9.17, 15) is 24.3 Å². The number of esters is 1. The number of carbonyl (C=O) groups is 4. The van der Waals surface area contributed by atoms with Crippen molar-refractivity contribution in [2.24, 2.45) is 11.8 Å². The number of likely N-dealkylation sites (tertiary alicyclic amines) is 1. The Kier molecular flexibility index (Phi) is 13.1. The van der Waals surface area contributed by atoms with E-state index in [4.69, 9.17) is 9.47 Å². The quantitative estimate of drug-likeness (QED) is 0.0999. The van der Waals surface area contributed by atoms with Crippen molar-refractivity contribution in [1.29, 1.82) is 0 Å². The number of halogens is 1. The van der Waals surface area contributed by atoms with Crippen LogP contribution in [0.4, 0.5) is 0 Å². The zero-order valence-electron chi connectivity index (χ0n) is 28.8. The van der Waals surface area contributed by atoms with Gasteiger partial charge in [0.05, 0.1) is 24.0 Å². The lowest BCUT2D eigenvalue weighted by atomic mass is 9.70. The second kappa shape index (κ2) is 16.6. The van der Waals surface area contributed by atoms with Gasteiger partial charge >= 0.3 is 5.97 Å². The molecular formula is C37H52BrN3O7. The first-order valence-corrected chi connectivity index (χ1v) is 18.2. The molecule has 1 N–H and O–H groups in total. The number of amides is 3. The van der Waals surface area contributed by atoms with Gasteiger partial charge in [-0.1, -0.05) is 71.8 Å². The first-order valence-electron chi connectivity index (χ1n) is 17.3. The highest BCUT2D eigenvalue weighted by atomic mass is 79.9. The number of alkyl halides is 1. The number of nitrogens with zero attached hydrogens (tertiary/aromatic N) is 3. The number of allylic oxidation sites excluding steroid dienone is 1. The van der Waals surface area contributed by atoms with Crippen LogP contribution in [0.3, 0.4) is 0 Å². The number of unbranched alkanes of at least 4 members (excludes halogenated alkanes) is 1. The van der Waals surface area contributed by atoms with E-state index in [2.05, 4.69) is 36.0 Å². The Morgan fingerprint density at radius 3 is 2.52 bits per heavy atom. The fourth-order valence-corrected chi connectivity index (χ4v) is 8.74. The van der Waals surface area contributed by atoms with E-state index < -0.39 is 47.7 Å². The number of carbonyl (C=O) groups excluding carboxylic acids is 4. The molecule has 3 heterocycles. The average Bonchev–Trinajstić information content (AvgIpc) is 3.67. The molecule has 264 valence electrons. The summed E-state index contributed by atoms with van der Waals surface area (Å²) in [4.78, 5) is 61.2. The molecule has 2 unspecified atom stereocenters. The normalized spacial score (nSPS) is 27.6. The highest BCUT2D eigenvalue weighted by Crippen LogP contribution is 2.60. The average molecular weight is 731 g/mol. The topological polar surface area (TPSA) is 117 Å². The Morgan fingerprint density at radius 2 is 1.90 bits per heavy atom. The summed E-state index contributed by atoms with van der Waals surface area (Å²) in [6.45, 7) is 14.0. The summed E-state index contributed by atoms with van der Waals surface area (Å²) < 4.78 is 13.0. The van der Waals surface area contributed by atoms with Crippen molar-refractivity contribution in [3.8, 4) is 0 Å². The van der Waals surface area contributed by atoms with Gasteiger partial charge in [-0.05, 0) is 51.5 Å². The molecule has 3 aliphatic heterocycles. The van der Waals surface area contributed by atoms with Gasteiger partial charge in [0.15, 0.2) is 0 Å². The molecule has 3 saturated heterocycles. The predicted molar refractivity (Wildman–Crippen MR) is 187 cm³/mol. The lowest BCUT2D eigenvalue weighted by Crippen LogP contribution is -2.58. The van der Waals surface area contributed by atoms with Crippen molar-refractivity contribution in [3.05, 3.63) is 61.2 Å². The monoisotopic (exact) mass is 729 g/mol. The van der Waals surface area contributed by atoms with Crippen molar-refractivity contribution < 1.29 is 33.8 Å². The first-order chi connectivity index (χ1) is 23.0. The van der Waals surface area contributed by atoms with Crippen LogP contribution in [0.5, 0.6) is 0 Å². The van der Waals surface area contributed by atoms with Crippen LogP contribution in [0, 0.1) is 11.8 Å². The van der Waals surface area contributed by atoms with Crippen LogP contribution in [0.25, 0.3) is 0 Å². The van der Waals surface area contributed by atoms with E-state index in [1.807, 2.05) is 44.2 Å². The first kappa shape index (κ1) is 37.8. The molecular weight excluding hydrogens is 678 g/mol. The summed E-state index contributed by atoms with van der Waals surface area (Å²) >= 11 is 3.75. The molecule has 3 fully saturated rings. The molecule has 2 bridgehead atoms. The maximum atomic E-state index is 14.6. The smallest absolute Gasteiger partial charge is 0.313 e. The molecule has 0 saturated carbocycles. The second-order valence-electron chi connectivity index (χ2n) is 13.4. The van der Waals surface area contributed by atoms with Crippen molar-refractivity contribution in [1.82, 2.24) is 14.7 Å². The van der Waals surface area contributed by atoms with Crippen LogP contribution in [-0.2, 0) is 28.7 Å². The summed E-state index contributed by atoms with van der Waals surface area (Å²) in [5.74, 6) is -3.11. The van der Waals surface area contributed by atoms with E-state index in [1.165, 1.54) is 0 Å². The Labute approximate surface area is 293 Å². The summed E-state index contributed by atoms with van der Waals surface area (Å²) in [5, 5.41) is 9.51. The molecule has 0 radical (unpaired) electrons. The van der Waals surface area contributed by atoms with Crippen LogP contribution in [0.1, 0.15) is 77.4 Å². The molecule has 0 aromatic heterocycles. The van der Waals surface area contributed by atoms with Crippen LogP contribution in [0.2, 0.25) is 0 Å². The van der Waals surface area contributed by atoms with Gasteiger partial charge in [-0.25, -0.2) is 0 Å². The third-order valence-corrected chi connectivity index (χ3v) is 11.2. The number of likely N-dealkylation sites (N-methyl/N-ethyl adjacent to an activating group) is 1. The van der Waals surface area contributed by atoms with Crippen LogP contribution in [0.15, 0.2) is 55.6 Å². The minimum absolute atomic E-state index is 0.0358. The number of aliphatic hydroxyl groups excluding tert-OH is 1. The van der Waals surface area contributed by atoms with Gasteiger partial charge in [0.1, 0.15) is 17.7 Å². The summed E-state index contributed by atoms with van der Waals surface area (Å²) in [7, 11) is 1.69. The van der Waals surface area contributed by atoms with Crippen molar-refractivity contribution >= 4 is 39.6 Å².